The summed E-state index contributed by atoms with van der Waals surface area (Å²) in [4.78, 5) is 0. The molecule has 0 unspecified atom stereocenters. The van der Waals surface area contributed by atoms with Crippen molar-refractivity contribution in [2.45, 2.75) is 6.54 Å². The molecule has 0 aliphatic heterocycles. The van der Waals surface area contributed by atoms with Crippen LogP contribution in [0.2, 0.25) is 5.02 Å². The first-order valence-electron chi connectivity index (χ1n) is 4.85. The topological polar surface area (TPSA) is 35.2 Å². The molecular weight excluding hydrogens is 242 g/mol. The number of methoxy groups -OCH3 is 1. The van der Waals surface area contributed by atoms with Gasteiger partial charge in [-0.05, 0) is 39.6 Å². The number of nitrogens with two attached hydrogens (primary N) is 1. The lowest BCUT2D eigenvalue weighted by atomic mass is 10.0. The van der Waals surface area contributed by atoms with Gasteiger partial charge in [0.25, 0.3) is 0 Å². The molecular formula is C12H12ClNOS. The number of rotatable bonds is 3. The zero-order valence-corrected chi connectivity index (χ0v) is 10.4. The van der Waals surface area contributed by atoms with Crippen molar-refractivity contribution in [2.75, 3.05) is 7.11 Å². The third kappa shape index (κ3) is 2.07. The maximum absolute atomic E-state index is 6.09. The highest BCUT2D eigenvalue weighted by atomic mass is 35.5. The Morgan fingerprint density at radius 2 is 2.19 bits per heavy atom. The minimum atomic E-state index is 0.544. The fraction of sp³-hybridized carbons (Fsp3) is 0.167. The number of hydrogen-bond donors (Lipinski definition) is 1. The van der Waals surface area contributed by atoms with Crippen molar-refractivity contribution in [1.29, 1.82) is 0 Å². The van der Waals surface area contributed by atoms with Crippen molar-refractivity contribution in [3.05, 3.63) is 39.5 Å². The van der Waals surface area contributed by atoms with Crippen LogP contribution in [0.1, 0.15) is 5.56 Å². The predicted octanol–water partition coefficient (Wildman–Crippen LogP) is 3.54. The van der Waals surface area contributed by atoms with Gasteiger partial charge in [0.2, 0.25) is 0 Å². The molecule has 0 bridgehead atoms. The van der Waals surface area contributed by atoms with E-state index in [2.05, 4.69) is 10.8 Å². The molecule has 2 aromatic rings. The molecule has 0 aliphatic rings. The minimum absolute atomic E-state index is 0.544. The Labute approximate surface area is 104 Å². The number of thiophene rings is 1. The summed E-state index contributed by atoms with van der Waals surface area (Å²) in [5.41, 5.74) is 9.05. The maximum Gasteiger partial charge on any atom is 0.137 e. The van der Waals surface area contributed by atoms with E-state index in [1.54, 1.807) is 18.4 Å². The van der Waals surface area contributed by atoms with Crippen molar-refractivity contribution < 1.29 is 4.74 Å². The van der Waals surface area contributed by atoms with Crippen LogP contribution in [0.3, 0.4) is 0 Å². The molecule has 0 atom stereocenters. The number of benzene rings is 1. The van der Waals surface area contributed by atoms with Crippen LogP contribution in [0.4, 0.5) is 0 Å². The number of halogens is 1. The lowest BCUT2D eigenvalue weighted by molar-refractivity contribution is 0.415. The van der Waals surface area contributed by atoms with Crippen LogP contribution >= 0.6 is 22.9 Å². The summed E-state index contributed by atoms with van der Waals surface area (Å²) in [5.74, 6) is 0.690. The Hall–Kier alpha value is -1.03. The molecule has 2 rings (SSSR count). The Morgan fingerprint density at radius 1 is 1.38 bits per heavy atom. The second kappa shape index (κ2) is 4.87. The predicted molar refractivity (Wildman–Crippen MR) is 69.2 cm³/mol. The zero-order chi connectivity index (χ0) is 11.5. The second-order valence-corrected chi connectivity index (χ2v) is 4.51. The summed E-state index contributed by atoms with van der Waals surface area (Å²) in [6.45, 7) is 0.544. The molecule has 2 nitrogen and oxygen atoms in total. The van der Waals surface area contributed by atoms with Gasteiger partial charge in [-0.3, -0.25) is 0 Å². The molecule has 0 fully saturated rings. The molecule has 0 saturated carbocycles. The van der Waals surface area contributed by atoms with Crippen molar-refractivity contribution in [2.24, 2.45) is 5.73 Å². The fourth-order valence-corrected chi connectivity index (χ4v) is 2.71. The van der Waals surface area contributed by atoms with Crippen LogP contribution < -0.4 is 10.5 Å². The first kappa shape index (κ1) is 11.5. The van der Waals surface area contributed by atoms with Gasteiger partial charge in [-0.1, -0.05) is 17.7 Å². The first-order valence-corrected chi connectivity index (χ1v) is 6.17. The second-order valence-electron chi connectivity index (χ2n) is 3.36. The lowest BCUT2D eigenvalue weighted by Gasteiger charge is -2.06. The highest BCUT2D eigenvalue weighted by Crippen LogP contribution is 2.33. The first-order chi connectivity index (χ1) is 7.76. The van der Waals surface area contributed by atoms with Gasteiger partial charge < -0.3 is 10.5 Å². The normalized spacial score (nSPS) is 10.4. The highest BCUT2D eigenvalue weighted by Gasteiger charge is 2.07. The average Bonchev–Trinajstić information content (AvgIpc) is 2.77. The van der Waals surface area contributed by atoms with Crippen molar-refractivity contribution in [3.8, 4) is 16.9 Å². The van der Waals surface area contributed by atoms with E-state index in [1.807, 2.05) is 18.2 Å². The van der Waals surface area contributed by atoms with Crippen LogP contribution in [0, 0.1) is 0 Å². The highest BCUT2D eigenvalue weighted by molar-refractivity contribution is 7.08. The van der Waals surface area contributed by atoms with Gasteiger partial charge in [0.15, 0.2) is 0 Å². The standard InChI is InChI=1S/C12H12ClNOS/c1-15-12-3-2-8(4-11(12)13)10-7-16-6-9(10)5-14/h2-4,6-7H,5,14H2,1H3. The Morgan fingerprint density at radius 3 is 2.81 bits per heavy atom. The zero-order valence-electron chi connectivity index (χ0n) is 8.87. The van der Waals surface area contributed by atoms with E-state index in [9.17, 15) is 0 Å². The number of hydrogen-bond acceptors (Lipinski definition) is 3. The van der Waals surface area contributed by atoms with Crippen molar-refractivity contribution in [3.63, 3.8) is 0 Å². The van der Waals surface area contributed by atoms with Crippen LogP contribution in [0.5, 0.6) is 5.75 Å². The van der Waals surface area contributed by atoms with E-state index in [4.69, 9.17) is 22.1 Å². The molecule has 4 heteroatoms. The van der Waals surface area contributed by atoms with Crippen LogP contribution in [0.15, 0.2) is 29.0 Å². The third-order valence-electron chi connectivity index (χ3n) is 2.42. The molecule has 2 N–H and O–H groups in total. The Balaban J connectivity index is 2.45. The van der Waals surface area contributed by atoms with Gasteiger partial charge in [-0.25, -0.2) is 0 Å². The SMILES string of the molecule is COc1ccc(-c2cscc2CN)cc1Cl. The van der Waals surface area contributed by atoms with Crippen LogP contribution in [-0.4, -0.2) is 7.11 Å². The Kier molecular flexibility index (Phi) is 3.49. The van der Waals surface area contributed by atoms with Gasteiger partial charge in [0.05, 0.1) is 12.1 Å². The minimum Gasteiger partial charge on any atom is -0.495 e. The molecule has 0 radical (unpaired) electrons. The quantitative estimate of drug-likeness (QED) is 0.908. The molecule has 0 amide bonds. The summed E-state index contributed by atoms with van der Waals surface area (Å²) < 4.78 is 5.12. The maximum atomic E-state index is 6.09. The van der Waals surface area contributed by atoms with Gasteiger partial charge in [0.1, 0.15) is 5.75 Å². The Bertz CT molecular complexity index is 496. The van der Waals surface area contributed by atoms with E-state index < -0.39 is 0 Å². The van der Waals surface area contributed by atoms with E-state index in [0.29, 0.717) is 17.3 Å². The van der Waals surface area contributed by atoms with E-state index in [0.717, 1.165) is 16.7 Å². The van der Waals surface area contributed by atoms with Crippen LogP contribution in [-0.2, 0) is 6.54 Å². The van der Waals surface area contributed by atoms with E-state index in [1.165, 1.54) is 0 Å². The van der Waals surface area contributed by atoms with Crippen LogP contribution in [0.25, 0.3) is 11.1 Å². The third-order valence-corrected chi connectivity index (χ3v) is 3.51. The molecule has 1 aromatic heterocycles. The average molecular weight is 254 g/mol. The fourth-order valence-electron chi connectivity index (χ4n) is 1.57. The smallest absolute Gasteiger partial charge is 0.137 e. The summed E-state index contributed by atoms with van der Waals surface area (Å²) in [5, 5.41) is 4.77. The lowest BCUT2D eigenvalue weighted by Crippen LogP contribution is -1.95. The summed E-state index contributed by atoms with van der Waals surface area (Å²) in [6, 6.07) is 5.77. The number of ether oxygens (including phenoxy) is 1. The molecule has 1 aromatic carbocycles. The molecule has 0 spiro atoms. The van der Waals surface area contributed by atoms with Gasteiger partial charge in [-0.2, -0.15) is 11.3 Å². The van der Waals surface area contributed by atoms with E-state index >= 15 is 0 Å². The monoisotopic (exact) mass is 253 g/mol. The molecule has 16 heavy (non-hydrogen) atoms. The van der Waals surface area contributed by atoms with Crippen molar-refractivity contribution >= 4 is 22.9 Å². The van der Waals surface area contributed by atoms with Gasteiger partial charge >= 0.3 is 0 Å². The summed E-state index contributed by atoms with van der Waals surface area (Å²) in [7, 11) is 1.61. The summed E-state index contributed by atoms with van der Waals surface area (Å²) in [6.07, 6.45) is 0. The van der Waals surface area contributed by atoms with Crippen molar-refractivity contribution in [1.82, 2.24) is 0 Å². The molecule has 0 aliphatic carbocycles. The molecule has 1 heterocycles. The van der Waals surface area contributed by atoms with E-state index in [-0.39, 0.29) is 0 Å². The largest absolute Gasteiger partial charge is 0.495 e. The summed E-state index contributed by atoms with van der Waals surface area (Å²) >= 11 is 7.74. The van der Waals surface area contributed by atoms with Gasteiger partial charge in [-0.15, -0.1) is 0 Å². The molecule has 84 valence electrons. The van der Waals surface area contributed by atoms with Gasteiger partial charge in [0, 0.05) is 6.54 Å². The molecule has 0 saturated heterocycles.